The van der Waals surface area contributed by atoms with E-state index < -0.39 is 0 Å². The molecule has 0 spiro atoms. The maximum Gasteiger partial charge on any atom is 0.150 e. The lowest BCUT2D eigenvalue weighted by Crippen LogP contribution is -2.45. The summed E-state index contributed by atoms with van der Waals surface area (Å²) < 4.78 is 3.25. The highest BCUT2D eigenvalue weighted by atomic mass is 79.9. The van der Waals surface area contributed by atoms with E-state index in [4.69, 9.17) is 0 Å². The van der Waals surface area contributed by atoms with Gasteiger partial charge in [0, 0.05) is 59.7 Å². The number of halogens is 1. The molecule has 2 aromatic rings. The summed E-state index contributed by atoms with van der Waals surface area (Å²) in [7, 11) is 0. The van der Waals surface area contributed by atoms with Crippen molar-refractivity contribution in [2.75, 3.05) is 26.2 Å². The van der Waals surface area contributed by atoms with Gasteiger partial charge in [0.25, 0.3) is 0 Å². The number of nitrogens with one attached hydrogen (secondary N) is 1. The third-order valence-corrected chi connectivity index (χ3v) is 4.85. The third-order valence-electron chi connectivity index (χ3n) is 4.42. The van der Waals surface area contributed by atoms with Gasteiger partial charge in [-0.05, 0) is 47.5 Å². The molecule has 1 aliphatic rings. The lowest BCUT2D eigenvalue weighted by Gasteiger charge is -2.34. The van der Waals surface area contributed by atoms with Crippen molar-refractivity contribution in [2.45, 2.75) is 19.9 Å². The molecule has 3 rings (SSSR count). The molecule has 0 aliphatic carbocycles. The van der Waals surface area contributed by atoms with Crippen molar-refractivity contribution >= 4 is 27.7 Å². The number of carbonyl (C=O) groups is 1. The Bertz CT molecular complexity index is 674. The van der Waals surface area contributed by atoms with Gasteiger partial charge >= 0.3 is 0 Å². The van der Waals surface area contributed by atoms with Gasteiger partial charge in [0.15, 0.2) is 0 Å². The normalized spacial score (nSPS) is 18.0. The largest absolute Gasteiger partial charge is 0.318 e. The highest BCUT2D eigenvalue weighted by Gasteiger charge is 2.23. The Morgan fingerprint density at radius 2 is 2.05 bits per heavy atom. The average Bonchev–Trinajstić information content (AvgIpc) is 2.86. The maximum atomic E-state index is 11.4. The van der Waals surface area contributed by atoms with Crippen molar-refractivity contribution in [3.05, 3.63) is 39.6 Å². The minimum atomic E-state index is 0.286. The first-order valence-electron chi connectivity index (χ1n) is 7.33. The molecule has 0 aromatic carbocycles. The molecule has 1 saturated heterocycles. The van der Waals surface area contributed by atoms with E-state index in [9.17, 15) is 4.79 Å². The molecule has 1 aliphatic heterocycles. The standard InChI is InChI=1S/C16H20BrN3O/c1-11-13(10-21)7-15-8-14(17)9-20(15)16(11)12(2)19-5-3-18-4-6-19/h7-10,12,18H,3-6H2,1-2H3. The van der Waals surface area contributed by atoms with E-state index in [0.717, 1.165) is 53.6 Å². The van der Waals surface area contributed by atoms with E-state index in [1.807, 2.05) is 13.0 Å². The van der Waals surface area contributed by atoms with Crippen molar-refractivity contribution in [1.82, 2.24) is 14.6 Å². The van der Waals surface area contributed by atoms with Gasteiger partial charge in [-0.25, -0.2) is 0 Å². The lowest BCUT2D eigenvalue weighted by molar-refractivity contribution is 0.112. The lowest BCUT2D eigenvalue weighted by atomic mass is 10.0. The number of aromatic nitrogens is 1. The van der Waals surface area contributed by atoms with Gasteiger partial charge < -0.3 is 9.72 Å². The van der Waals surface area contributed by atoms with Crippen LogP contribution in [0.3, 0.4) is 0 Å². The van der Waals surface area contributed by atoms with Gasteiger partial charge in [0.05, 0.1) is 0 Å². The molecular formula is C16H20BrN3O. The highest BCUT2D eigenvalue weighted by Crippen LogP contribution is 2.29. The predicted molar refractivity (Wildman–Crippen MR) is 88.1 cm³/mol. The number of nitrogens with zero attached hydrogens (tertiary/aromatic N) is 2. The Morgan fingerprint density at radius 3 is 2.71 bits per heavy atom. The van der Waals surface area contributed by atoms with Crippen LogP contribution in [0.25, 0.3) is 5.52 Å². The van der Waals surface area contributed by atoms with E-state index >= 15 is 0 Å². The first kappa shape index (κ1) is 14.8. The summed E-state index contributed by atoms with van der Waals surface area (Å²) in [6.45, 7) is 8.40. The molecule has 0 radical (unpaired) electrons. The number of pyridine rings is 1. The van der Waals surface area contributed by atoms with Crippen LogP contribution in [0.15, 0.2) is 22.8 Å². The van der Waals surface area contributed by atoms with Crippen LogP contribution < -0.4 is 5.32 Å². The van der Waals surface area contributed by atoms with E-state index in [1.165, 1.54) is 5.69 Å². The first-order chi connectivity index (χ1) is 10.1. The van der Waals surface area contributed by atoms with E-state index in [1.54, 1.807) is 0 Å². The van der Waals surface area contributed by atoms with Gasteiger partial charge in [-0.1, -0.05) is 0 Å². The second-order valence-electron chi connectivity index (χ2n) is 5.64. The average molecular weight is 350 g/mol. The van der Waals surface area contributed by atoms with Gasteiger partial charge in [0.1, 0.15) is 6.29 Å². The second-order valence-corrected chi connectivity index (χ2v) is 6.56. The molecule has 4 nitrogen and oxygen atoms in total. The fraction of sp³-hybridized carbons (Fsp3) is 0.438. The monoisotopic (exact) mass is 349 g/mol. The van der Waals surface area contributed by atoms with Crippen LogP contribution in [0.5, 0.6) is 0 Å². The molecule has 1 unspecified atom stereocenters. The fourth-order valence-electron chi connectivity index (χ4n) is 3.24. The van der Waals surface area contributed by atoms with Crippen molar-refractivity contribution in [2.24, 2.45) is 0 Å². The van der Waals surface area contributed by atoms with Crippen LogP contribution >= 0.6 is 15.9 Å². The van der Waals surface area contributed by atoms with Gasteiger partial charge in [-0.15, -0.1) is 0 Å². The zero-order valence-corrected chi connectivity index (χ0v) is 14.0. The molecule has 1 atom stereocenters. The third kappa shape index (κ3) is 2.65. The number of carbonyl (C=O) groups excluding carboxylic acids is 1. The van der Waals surface area contributed by atoms with Gasteiger partial charge in [-0.2, -0.15) is 0 Å². The number of fused-ring (bicyclic) bond motifs is 1. The van der Waals surface area contributed by atoms with Crippen molar-refractivity contribution in [3.8, 4) is 0 Å². The van der Waals surface area contributed by atoms with Crippen molar-refractivity contribution in [3.63, 3.8) is 0 Å². The van der Waals surface area contributed by atoms with E-state index in [0.29, 0.717) is 0 Å². The molecule has 0 amide bonds. The summed E-state index contributed by atoms with van der Waals surface area (Å²) in [6, 6.07) is 4.30. The van der Waals surface area contributed by atoms with Crippen LogP contribution in [-0.4, -0.2) is 41.8 Å². The smallest absolute Gasteiger partial charge is 0.150 e. The quantitative estimate of drug-likeness (QED) is 0.865. The summed E-state index contributed by atoms with van der Waals surface area (Å²) in [5.41, 5.74) is 4.13. The topological polar surface area (TPSA) is 36.8 Å². The number of rotatable bonds is 3. The molecule has 112 valence electrons. The number of hydrogen-bond acceptors (Lipinski definition) is 3. The van der Waals surface area contributed by atoms with Crippen LogP contribution in [0.2, 0.25) is 0 Å². The Hall–Kier alpha value is -1.17. The number of hydrogen-bond donors (Lipinski definition) is 1. The molecule has 2 aromatic heterocycles. The van der Waals surface area contributed by atoms with Gasteiger partial charge in [-0.3, -0.25) is 9.69 Å². The minimum Gasteiger partial charge on any atom is -0.318 e. The van der Waals surface area contributed by atoms with Crippen LogP contribution in [-0.2, 0) is 0 Å². The van der Waals surface area contributed by atoms with Crippen LogP contribution in [0.4, 0.5) is 0 Å². The summed E-state index contributed by atoms with van der Waals surface area (Å²) >= 11 is 3.54. The summed E-state index contributed by atoms with van der Waals surface area (Å²) in [5.74, 6) is 0. The summed E-state index contributed by atoms with van der Waals surface area (Å²) in [5, 5.41) is 3.39. The highest BCUT2D eigenvalue weighted by molar-refractivity contribution is 9.10. The maximum absolute atomic E-state index is 11.4. The SMILES string of the molecule is Cc1c(C=O)cc2cc(Br)cn2c1C(C)N1CCNCC1. The zero-order chi connectivity index (χ0) is 15.0. The molecule has 3 heterocycles. The molecule has 1 N–H and O–H groups in total. The van der Waals surface area contributed by atoms with Crippen LogP contribution in [0.1, 0.15) is 34.6 Å². The molecule has 21 heavy (non-hydrogen) atoms. The Balaban J connectivity index is 2.14. The number of piperazine rings is 1. The summed E-state index contributed by atoms with van der Waals surface area (Å²) in [6.07, 6.45) is 3.05. The van der Waals surface area contributed by atoms with Crippen molar-refractivity contribution in [1.29, 1.82) is 0 Å². The predicted octanol–water partition coefficient (Wildman–Crippen LogP) is 2.79. The van der Waals surface area contributed by atoms with Gasteiger partial charge in [0.2, 0.25) is 0 Å². The molecule has 1 fully saturated rings. The Morgan fingerprint density at radius 1 is 1.33 bits per heavy atom. The second kappa shape index (κ2) is 5.91. The molecular weight excluding hydrogens is 330 g/mol. The number of aldehydes is 1. The van der Waals surface area contributed by atoms with E-state index in [2.05, 4.69) is 49.7 Å². The molecule has 5 heteroatoms. The summed E-state index contributed by atoms with van der Waals surface area (Å²) in [4.78, 5) is 13.9. The van der Waals surface area contributed by atoms with Crippen molar-refractivity contribution < 1.29 is 4.79 Å². The van der Waals surface area contributed by atoms with E-state index in [-0.39, 0.29) is 6.04 Å². The Labute approximate surface area is 133 Å². The first-order valence-corrected chi connectivity index (χ1v) is 8.12. The minimum absolute atomic E-state index is 0.286. The molecule has 0 saturated carbocycles. The fourth-order valence-corrected chi connectivity index (χ4v) is 3.68. The Kier molecular flexibility index (Phi) is 4.15. The molecule has 0 bridgehead atoms. The van der Waals surface area contributed by atoms with Crippen LogP contribution in [0, 0.1) is 6.92 Å². The zero-order valence-electron chi connectivity index (χ0n) is 12.4.